The lowest BCUT2D eigenvalue weighted by molar-refractivity contribution is -0.385. The van der Waals surface area contributed by atoms with Crippen LogP contribution in [0.5, 0.6) is 0 Å². The van der Waals surface area contributed by atoms with E-state index in [1.807, 2.05) is 0 Å². The molecule has 0 amide bonds. The summed E-state index contributed by atoms with van der Waals surface area (Å²) in [5.41, 5.74) is -1.10. The summed E-state index contributed by atoms with van der Waals surface area (Å²) in [7, 11) is 0. The number of nitrogens with zero attached hydrogens (tertiary/aromatic N) is 2. The Morgan fingerprint density at radius 2 is 2.27 bits per heavy atom. The fourth-order valence-electron chi connectivity index (χ4n) is 1.18. The first-order chi connectivity index (χ1) is 7.11. The molecule has 0 aliphatic heterocycles. The van der Waals surface area contributed by atoms with Gasteiger partial charge in [0, 0.05) is 11.6 Å². The van der Waals surface area contributed by atoms with Crippen LogP contribution >= 0.6 is 0 Å². The van der Waals surface area contributed by atoms with Gasteiger partial charge in [-0.05, 0) is 6.07 Å². The van der Waals surface area contributed by atoms with Gasteiger partial charge in [0.2, 0.25) is 0 Å². The normalized spacial score (nSPS) is 9.33. The molecular formula is C9H5FN2O3. The summed E-state index contributed by atoms with van der Waals surface area (Å²) in [5.74, 6) is -0.788. The first-order valence-corrected chi connectivity index (χ1v) is 3.89. The van der Waals surface area contributed by atoms with Crippen molar-refractivity contribution in [1.29, 1.82) is 5.26 Å². The SMILES string of the molecule is N#CCc1c(F)ccc([N+](=O)[O-])c1C=O. The molecule has 0 heterocycles. The van der Waals surface area contributed by atoms with E-state index in [0.29, 0.717) is 0 Å². The van der Waals surface area contributed by atoms with Crippen molar-refractivity contribution < 1.29 is 14.1 Å². The molecule has 0 saturated carbocycles. The molecule has 5 nitrogen and oxygen atoms in total. The molecule has 0 atom stereocenters. The third kappa shape index (κ3) is 1.96. The highest BCUT2D eigenvalue weighted by molar-refractivity contribution is 5.84. The standard InChI is InChI=1S/C9H5FN2O3/c10-8-1-2-9(12(14)15)7(5-13)6(8)3-4-11/h1-2,5H,3H2. The molecule has 0 aromatic heterocycles. The molecule has 0 bridgehead atoms. The molecule has 1 aromatic rings. The fourth-order valence-corrected chi connectivity index (χ4v) is 1.18. The maximum Gasteiger partial charge on any atom is 0.280 e. The van der Waals surface area contributed by atoms with Gasteiger partial charge in [-0.1, -0.05) is 0 Å². The van der Waals surface area contributed by atoms with E-state index in [-0.39, 0.29) is 23.8 Å². The molecule has 0 N–H and O–H groups in total. The Labute approximate surface area is 83.9 Å². The maximum atomic E-state index is 13.1. The molecule has 0 aliphatic rings. The zero-order valence-corrected chi connectivity index (χ0v) is 7.44. The Hall–Kier alpha value is -2.29. The average molecular weight is 208 g/mol. The second-order valence-corrected chi connectivity index (χ2v) is 2.67. The number of nitro benzene ring substituents is 1. The Balaban J connectivity index is 3.48. The van der Waals surface area contributed by atoms with Crippen molar-refractivity contribution in [1.82, 2.24) is 0 Å². The van der Waals surface area contributed by atoms with Crippen molar-refractivity contribution in [2.75, 3.05) is 0 Å². The van der Waals surface area contributed by atoms with Crippen LogP contribution in [-0.2, 0) is 6.42 Å². The van der Waals surface area contributed by atoms with Gasteiger partial charge >= 0.3 is 0 Å². The van der Waals surface area contributed by atoms with E-state index < -0.39 is 16.4 Å². The van der Waals surface area contributed by atoms with Crippen molar-refractivity contribution in [2.24, 2.45) is 0 Å². The smallest absolute Gasteiger partial charge is 0.280 e. The molecule has 1 aromatic carbocycles. The number of carbonyl (C=O) groups is 1. The summed E-state index contributed by atoms with van der Waals surface area (Å²) in [5, 5.41) is 18.9. The van der Waals surface area contributed by atoms with E-state index >= 15 is 0 Å². The third-order valence-electron chi connectivity index (χ3n) is 1.85. The Morgan fingerprint density at radius 1 is 1.60 bits per heavy atom. The van der Waals surface area contributed by atoms with Crippen LogP contribution in [0.4, 0.5) is 10.1 Å². The van der Waals surface area contributed by atoms with Crippen LogP contribution < -0.4 is 0 Å². The molecule has 0 spiro atoms. The van der Waals surface area contributed by atoms with E-state index in [9.17, 15) is 19.3 Å². The molecule has 0 saturated heterocycles. The quantitative estimate of drug-likeness (QED) is 0.429. The van der Waals surface area contributed by atoms with Crippen molar-refractivity contribution in [3.05, 3.63) is 39.2 Å². The van der Waals surface area contributed by atoms with Crippen LogP contribution in [0, 0.1) is 27.3 Å². The predicted molar refractivity (Wildman–Crippen MR) is 47.8 cm³/mol. The Bertz CT molecular complexity index is 465. The number of hydrogen-bond acceptors (Lipinski definition) is 4. The number of aldehydes is 1. The van der Waals surface area contributed by atoms with E-state index in [0.717, 1.165) is 12.1 Å². The average Bonchev–Trinajstić information content (AvgIpc) is 2.20. The number of carbonyl (C=O) groups excluding carboxylic acids is 1. The minimum Gasteiger partial charge on any atom is -0.298 e. The van der Waals surface area contributed by atoms with Crippen molar-refractivity contribution in [3.8, 4) is 6.07 Å². The predicted octanol–water partition coefficient (Wildman–Crippen LogP) is 1.61. The number of benzene rings is 1. The number of nitriles is 1. The number of nitro groups is 1. The van der Waals surface area contributed by atoms with Gasteiger partial charge in [0.15, 0.2) is 6.29 Å². The van der Waals surface area contributed by atoms with E-state index in [1.165, 1.54) is 0 Å². The van der Waals surface area contributed by atoms with Gasteiger partial charge in [0.1, 0.15) is 5.82 Å². The summed E-state index contributed by atoms with van der Waals surface area (Å²) in [4.78, 5) is 20.3. The zero-order valence-electron chi connectivity index (χ0n) is 7.44. The molecule has 15 heavy (non-hydrogen) atoms. The lowest BCUT2D eigenvalue weighted by Gasteiger charge is -2.02. The monoisotopic (exact) mass is 208 g/mol. The lowest BCUT2D eigenvalue weighted by atomic mass is 10.0. The third-order valence-corrected chi connectivity index (χ3v) is 1.85. The van der Waals surface area contributed by atoms with Crippen molar-refractivity contribution >= 4 is 12.0 Å². The van der Waals surface area contributed by atoms with Crippen molar-refractivity contribution in [3.63, 3.8) is 0 Å². The highest BCUT2D eigenvalue weighted by atomic mass is 19.1. The van der Waals surface area contributed by atoms with E-state index in [2.05, 4.69) is 0 Å². The Kier molecular flexibility index (Phi) is 3.08. The highest BCUT2D eigenvalue weighted by Crippen LogP contribution is 2.23. The number of hydrogen-bond donors (Lipinski definition) is 0. The Morgan fingerprint density at radius 3 is 2.73 bits per heavy atom. The number of halogens is 1. The molecule has 0 fully saturated rings. The van der Waals surface area contributed by atoms with Gasteiger partial charge in [0.25, 0.3) is 5.69 Å². The fraction of sp³-hybridized carbons (Fsp3) is 0.111. The zero-order chi connectivity index (χ0) is 11.4. The highest BCUT2D eigenvalue weighted by Gasteiger charge is 2.20. The first kappa shape index (κ1) is 10.8. The van der Waals surface area contributed by atoms with E-state index in [1.54, 1.807) is 6.07 Å². The minimum absolute atomic E-state index is 0.188. The summed E-state index contributed by atoms with van der Waals surface area (Å²) >= 11 is 0. The lowest BCUT2D eigenvalue weighted by Crippen LogP contribution is -2.02. The van der Waals surface area contributed by atoms with Gasteiger partial charge in [-0.2, -0.15) is 5.26 Å². The van der Waals surface area contributed by atoms with Crippen LogP contribution in [0.15, 0.2) is 12.1 Å². The van der Waals surface area contributed by atoms with E-state index in [4.69, 9.17) is 5.26 Å². The largest absolute Gasteiger partial charge is 0.298 e. The molecule has 0 radical (unpaired) electrons. The first-order valence-electron chi connectivity index (χ1n) is 3.89. The molecule has 1 rings (SSSR count). The summed E-state index contributed by atoms with van der Waals surface area (Å²) < 4.78 is 13.1. The molecule has 6 heteroatoms. The second kappa shape index (κ2) is 4.28. The van der Waals surface area contributed by atoms with Gasteiger partial charge in [-0.25, -0.2) is 4.39 Å². The van der Waals surface area contributed by atoms with Gasteiger partial charge in [0.05, 0.1) is 23.0 Å². The molecule has 76 valence electrons. The van der Waals surface area contributed by atoms with Crippen LogP contribution in [0.3, 0.4) is 0 Å². The van der Waals surface area contributed by atoms with Crippen LogP contribution in [0.25, 0.3) is 0 Å². The topological polar surface area (TPSA) is 84.0 Å². The summed E-state index contributed by atoms with van der Waals surface area (Å²) in [6, 6.07) is 3.42. The van der Waals surface area contributed by atoms with Crippen LogP contribution in [0.2, 0.25) is 0 Å². The summed E-state index contributed by atoms with van der Waals surface area (Å²) in [6.45, 7) is 0. The van der Waals surface area contributed by atoms with Crippen molar-refractivity contribution in [2.45, 2.75) is 6.42 Å². The van der Waals surface area contributed by atoms with Crippen LogP contribution in [-0.4, -0.2) is 11.2 Å². The van der Waals surface area contributed by atoms with Crippen LogP contribution in [0.1, 0.15) is 15.9 Å². The minimum atomic E-state index is -0.788. The number of rotatable bonds is 3. The van der Waals surface area contributed by atoms with Gasteiger partial charge in [-0.3, -0.25) is 14.9 Å². The summed E-state index contributed by atoms with van der Waals surface area (Å²) in [6.07, 6.45) is -0.185. The molecular weight excluding hydrogens is 203 g/mol. The molecule has 0 unspecified atom stereocenters. The van der Waals surface area contributed by atoms with Gasteiger partial charge < -0.3 is 0 Å². The second-order valence-electron chi connectivity index (χ2n) is 2.67. The molecule has 0 aliphatic carbocycles. The maximum absolute atomic E-state index is 13.1. The van der Waals surface area contributed by atoms with Gasteiger partial charge in [-0.15, -0.1) is 0 Å².